The summed E-state index contributed by atoms with van der Waals surface area (Å²) in [6.45, 7) is 0.681. The Morgan fingerprint density at radius 1 is 1.45 bits per heavy atom. The second-order valence-electron chi connectivity index (χ2n) is 4.31. The second kappa shape index (κ2) is 8.72. The third kappa shape index (κ3) is 5.32. The van der Waals surface area contributed by atoms with Crippen molar-refractivity contribution in [2.45, 2.75) is 18.9 Å². The van der Waals surface area contributed by atoms with Crippen molar-refractivity contribution in [1.82, 2.24) is 14.9 Å². The SMILES string of the molecule is Cn1cncc1C[C@H](NC(=O)CCN)C(=O)SCCN. The van der Waals surface area contributed by atoms with E-state index in [0.717, 1.165) is 17.5 Å². The van der Waals surface area contributed by atoms with Crippen LogP contribution >= 0.6 is 11.8 Å². The summed E-state index contributed by atoms with van der Waals surface area (Å²) in [5.41, 5.74) is 11.6. The molecule has 0 radical (unpaired) electrons. The van der Waals surface area contributed by atoms with Crippen LogP contribution in [0.3, 0.4) is 0 Å². The minimum absolute atomic E-state index is 0.0954. The molecular formula is C12H21N5O2S. The van der Waals surface area contributed by atoms with Gasteiger partial charge in [-0.3, -0.25) is 9.59 Å². The highest BCUT2D eigenvalue weighted by atomic mass is 32.2. The van der Waals surface area contributed by atoms with Gasteiger partial charge in [-0.2, -0.15) is 0 Å². The molecule has 0 bridgehead atoms. The van der Waals surface area contributed by atoms with Crippen LogP contribution in [0, 0.1) is 0 Å². The number of rotatable bonds is 8. The predicted molar refractivity (Wildman–Crippen MR) is 79.0 cm³/mol. The molecule has 1 rings (SSSR count). The highest BCUT2D eigenvalue weighted by Crippen LogP contribution is 2.10. The molecule has 1 heterocycles. The fourth-order valence-corrected chi connectivity index (χ4v) is 2.30. The number of thioether (sulfide) groups is 1. The van der Waals surface area contributed by atoms with Gasteiger partial charge in [-0.15, -0.1) is 0 Å². The summed E-state index contributed by atoms with van der Waals surface area (Å²) in [7, 11) is 1.85. The zero-order chi connectivity index (χ0) is 15.0. The van der Waals surface area contributed by atoms with Crippen molar-refractivity contribution in [3.8, 4) is 0 Å². The molecule has 1 atom stereocenters. The van der Waals surface area contributed by atoms with Gasteiger partial charge in [-0.1, -0.05) is 11.8 Å². The standard InChI is InChI=1S/C12H21N5O2S/c1-17-8-15-7-9(17)6-10(12(19)20-5-4-14)16-11(18)2-3-13/h7-8,10H,2-6,13-14H2,1H3,(H,16,18)/t10-/m0/s1. The summed E-state index contributed by atoms with van der Waals surface area (Å²) in [6, 6.07) is -0.582. The Labute approximate surface area is 122 Å². The van der Waals surface area contributed by atoms with Gasteiger partial charge in [0.05, 0.1) is 6.33 Å². The molecule has 0 saturated heterocycles. The fraction of sp³-hybridized carbons (Fsp3) is 0.583. The van der Waals surface area contributed by atoms with Crippen LogP contribution in [-0.2, 0) is 23.1 Å². The van der Waals surface area contributed by atoms with Crippen LogP contribution < -0.4 is 16.8 Å². The van der Waals surface area contributed by atoms with E-state index in [1.807, 2.05) is 11.6 Å². The maximum Gasteiger partial charge on any atom is 0.221 e. The summed E-state index contributed by atoms with van der Waals surface area (Å²) >= 11 is 1.13. The molecule has 8 heteroatoms. The van der Waals surface area contributed by atoms with Gasteiger partial charge in [0.2, 0.25) is 11.0 Å². The summed E-state index contributed by atoms with van der Waals surface area (Å²) in [5, 5.41) is 2.63. The van der Waals surface area contributed by atoms with E-state index < -0.39 is 6.04 Å². The van der Waals surface area contributed by atoms with Gasteiger partial charge < -0.3 is 21.4 Å². The summed E-state index contributed by atoms with van der Waals surface area (Å²) in [6.07, 6.45) is 3.95. The molecule has 1 amide bonds. The van der Waals surface area contributed by atoms with E-state index in [2.05, 4.69) is 10.3 Å². The van der Waals surface area contributed by atoms with Gasteiger partial charge in [-0.25, -0.2) is 4.98 Å². The second-order valence-corrected chi connectivity index (χ2v) is 5.41. The molecule has 0 spiro atoms. The summed E-state index contributed by atoms with van der Waals surface area (Å²) in [4.78, 5) is 27.8. The molecule has 112 valence electrons. The molecule has 0 aromatic carbocycles. The minimum Gasteiger partial charge on any atom is -0.345 e. The molecular weight excluding hydrogens is 278 g/mol. The largest absolute Gasteiger partial charge is 0.345 e. The number of aryl methyl sites for hydroxylation is 1. The number of imidazole rings is 1. The first-order valence-electron chi connectivity index (χ1n) is 6.39. The van der Waals surface area contributed by atoms with Crippen LogP contribution in [0.5, 0.6) is 0 Å². The van der Waals surface area contributed by atoms with Crippen molar-refractivity contribution >= 4 is 22.8 Å². The average Bonchev–Trinajstić information content (AvgIpc) is 2.81. The summed E-state index contributed by atoms with van der Waals surface area (Å²) < 4.78 is 1.82. The molecule has 0 saturated carbocycles. The lowest BCUT2D eigenvalue weighted by atomic mass is 10.1. The number of nitrogens with two attached hydrogens (primary N) is 2. The molecule has 0 aliphatic rings. The average molecular weight is 299 g/mol. The molecule has 1 aromatic heterocycles. The van der Waals surface area contributed by atoms with Gasteiger partial charge >= 0.3 is 0 Å². The first-order chi connectivity index (χ1) is 9.58. The van der Waals surface area contributed by atoms with Crippen molar-refractivity contribution < 1.29 is 9.59 Å². The number of nitrogens with zero attached hydrogens (tertiary/aromatic N) is 2. The highest BCUT2D eigenvalue weighted by molar-refractivity contribution is 8.13. The van der Waals surface area contributed by atoms with Gasteiger partial charge in [0.25, 0.3) is 0 Å². The van der Waals surface area contributed by atoms with Crippen molar-refractivity contribution in [2.24, 2.45) is 18.5 Å². The fourth-order valence-electron chi connectivity index (χ4n) is 1.64. The molecule has 0 aliphatic heterocycles. The Morgan fingerprint density at radius 2 is 2.20 bits per heavy atom. The van der Waals surface area contributed by atoms with Crippen LogP contribution in [0.1, 0.15) is 12.1 Å². The van der Waals surface area contributed by atoms with Gasteiger partial charge in [-0.05, 0) is 0 Å². The van der Waals surface area contributed by atoms with Crippen molar-refractivity contribution in [2.75, 3.05) is 18.8 Å². The van der Waals surface area contributed by atoms with Crippen molar-refractivity contribution in [3.63, 3.8) is 0 Å². The van der Waals surface area contributed by atoms with E-state index >= 15 is 0 Å². The highest BCUT2D eigenvalue weighted by Gasteiger charge is 2.22. The number of hydrogen-bond donors (Lipinski definition) is 3. The Morgan fingerprint density at radius 3 is 2.75 bits per heavy atom. The van der Waals surface area contributed by atoms with Crippen LogP contribution in [0.15, 0.2) is 12.5 Å². The quantitative estimate of drug-likeness (QED) is 0.568. The van der Waals surface area contributed by atoms with Crippen LogP contribution in [0.25, 0.3) is 0 Å². The van der Waals surface area contributed by atoms with Gasteiger partial charge in [0, 0.05) is 50.6 Å². The topological polar surface area (TPSA) is 116 Å². The number of nitrogens with one attached hydrogen (secondary N) is 1. The Balaban J connectivity index is 2.70. The van der Waals surface area contributed by atoms with Crippen molar-refractivity contribution in [1.29, 1.82) is 0 Å². The first kappa shape index (κ1) is 16.7. The molecule has 5 N–H and O–H groups in total. The smallest absolute Gasteiger partial charge is 0.221 e. The normalized spacial score (nSPS) is 12.2. The monoisotopic (exact) mass is 299 g/mol. The number of carbonyl (C=O) groups is 2. The number of aromatic nitrogens is 2. The summed E-state index contributed by atoms with van der Waals surface area (Å²) in [5.74, 6) is 0.314. The third-order valence-corrected chi connectivity index (χ3v) is 3.69. The maximum absolute atomic E-state index is 12.1. The molecule has 0 unspecified atom stereocenters. The first-order valence-corrected chi connectivity index (χ1v) is 7.38. The zero-order valence-corrected chi connectivity index (χ0v) is 12.4. The molecule has 0 aliphatic carbocycles. The molecule has 0 fully saturated rings. The van der Waals surface area contributed by atoms with E-state index in [9.17, 15) is 9.59 Å². The Kier molecular flexibility index (Phi) is 7.27. The van der Waals surface area contributed by atoms with E-state index in [-0.39, 0.29) is 24.0 Å². The number of amides is 1. The minimum atomic E-state index is -0.582. The Hall–Kier alpha value is -1.38. The molecule has 7 nitrogen and oxygen atoms in total. The van der Waals surface area contributed by atoms with E-state index in [1.54, 1.807) is 12.5 Å². The maximum atomic E-state index is 12.1. The van der Waals surface area contributed by atoms with Crippen LogP contribution in [-0.4, -0.2) is 45.5 Å². The van der Waals surface area contributed by atoms with E-state index in [1.165, 1.54) is 0 Å². The number of carbonyl (C=O) groups excluding carboxylic acids is 2. The lowest BCUT2D eigenvalue weighted by molar-refractivity contribution is -0.124. The van der Waals surface area contributed by atoms with E-state index in [0.29, 0.717) is 18.7 Å². The van der Waals surface area contributed by atoms with Crippen LogP contribution in [0.4, 0.5) is 0 Å². The lowest BCUT2D eigenvalue weighted by Crippen LogP contribution is -2.42. The van der Waals surface area contributed by atoms with E-state index in [4.69, 9.17) is 11.5 Å². The van der Waals surface area contributed by atoms with Crippen LogP contribution in [0.2, 0.25) is 0 Å². The lowest BCUT2D eigenvalue weighted by Gasteiger charge is -2.17. The van der Waals surface area contributed by atoms with Gasteiger partial charge in [0.1, 0.15) is 6.04 Å². The zero-order valence-electron chi connectivity index (χ0n) is 11.5. The van der Waals surface area contributed by atoms with Crippen molar-refractivity contribution in [3.05, 3.63) is 18.2 Å². The Bertz CT molecular complexity index is 449. The molecule has 20 heavy (non-hydrogen) atoms. The molecule has 1 aromatic rings. The van der Waals surface area contributed by atoms with Gasteiger partial charge in [0.15, 0.2) is 0 Å². The number of hydrogen-bond acceptors (Lipinski definition) is 6. The predicted octanol–water partition coefficient (Wildman–Crippen LogP) is -0.985. The third-order valence-electron chi connectivity index (χ3n) is 2.68.